The molecule has 0 unspecified atom stereocenters. The predicted octanol–water partition coefficient (Wildman–Crippen LogP) is 4.11. The zero-order valence-corrected chi connectivity index (χ0v) is 14.8. The number of thioether (sulfide) groups is 1. The number of unbranched alkanes of at least 4 members (excludes halogenated alkanes) is 2. The molecule has 1 heterocycles. The molecule has 0 radical (unpaired) electrons. The van der Waals surface area contributed by atoms with Crippen molar-refractivity contribution in [3.8, 4) is 0 Å². The largest absolute Gasteiger partial charge is 0.370 e. The summed E-state index contributed by atoms with van der Waals surface area (Å²) in [7, 11) is 0. The summed E-state index contributed by atoms with van der Waals surface area (Å²) in [6.07, 6.45) is 7.95. The Bertz CT molecular complexity index is 410. The van der Waals surface area contributed by atoms with Gasteiger partial charge in [-0.3, -0.25) is 0 Å². The molecule has 0 aliphatic heterocycles. The number of aryl methyl sites for hydroxylation is 1. The van der Waals surface area contributed by atoms with Crippen molar-refractivity contribution in [3.05, 3.63) is 11.4 Å². The molecule has 0 aliphatic carbocycles. The van der Waals surface area contributed by atoms with Gasteiger partial charge in [0.05, 0.1) is 0 Å². The lowest BCUT2D eigenvalue weighted by atomic mass is 10.2. The molecule has 120 valence electrons. The van der Waals surface area contributed by atoms with Crippen molar-refractivity contribution >= 4 is 23.4 Å². The van der Waals surface area contributed by atoms with Crippen LogP contribution in [0.25, 0.3) is 0 Å². The molecular formula is C16H30N4S. The normalized spacial score (nSPS) is 10.7. The first-order valence-electron chi connectivity index (χ1n) is 8.07. The van der Waals surface area contributed by atoms with Crippen molar-refractivity contribution in [2.75, 3.05) is 35.7 Å². The fourth-order valence-corrected chi connectivity index (χ4v) is 2.66. The Morgan fingerprint density at radius 3 is 2.33 bits per heavy atom. The standard InChI is InChI=1S/C16H30N4S/c1-5-10-14-19-15(17-6-2)13(3)16(20-14)18-11-8-7-9-12-21-4/h5-12H2,1-4H3,(H2,17,18,19,20). The number of anilines is 2. The van der Waals surface area contributed by atoms with Crippen LogP contribution in [0.4, 0.5) is 11.6 Å². The highest BCUT2D eigenvalue weighted by atomic mass is 32.2. The Balaban J connectivity index is 2.61. The van der Waals surface area contributed by atoms with Crippen molar-refractivity contribution in [2.45, 2.75) is 52.9 Å². The van der Waals surface area contributed by atoms with Gasteiger partial charge >= 0.3 is 0 Å². The van der Waals surface area contributed by atoms with Crippen LogP contribution in [0.2, 0.25) is 0 Å². The third-order valence-corrected chi connectivity index (χ3v) is 4.02. The van der Waals surface area contributed by atoms with E-state index in [4.69, 9.17) is 0 Å². The summed E-state index contributed by atoms with van der Waals surface area (Å²) in [5.74, 6) is 4.16. The third kappa shape index (κ3) is 6.55. The van der Waals surface area contributed by atoms with Gasteiger partial charge in [-0.05, 0) is 45.1 Å². The molecule has 1 aromatic rings. The molecule has 0 saturated heterocycles. The minimum Gasteiger partial charge on any atom is -0.370 e. The van der Waals surface area contributed by atoms with E-state index >= 15 is 0 Å². The van der Waals surface area contributed by atoms with Gasteiger partial charge in [-0.1, -0.05) is 13.3 Å². The highest BCUT2D eigenvalue weighted by Crippen LogP contribution is 2.20. The van der Waals surface area contributed by atoms with Crippen LogP contribution in [-0.4, -0.2) is 35.1 Å². The maximum atomic E-state index is 4.67. The Labute approximate surface area is 133 Å². The fourth-order valence-electron chi connectivity index (χ4n) is 2.17. The van der Waals surface area contributed by atoms with Crippen molar-refractivity contribution in [1.82, 2.24) is 9.97 Å². The number of nitrogens with zero attached hydrogens (tertiary/aromatic N) is 2. The average Bonchev–Trinajstić information content (AvgIpc) is 2.47. The van der Waals surface area contributed by atoms with E-state index in [0.29, 0.717) is 0 Å². The lowest BCUT2D eigenvalue weighted by Gasteiger charge is -2.14. The summed E-state index contributed by atoms with van der Waals surface area (Å²) in [5.41, 5.74) is 1.13. The van der Waals surface area contributed by atoms with Gasteiger partial charge in [0.25, 0.3) is 0 Å². The first kappa shape index (κ1) is 18.1. The lowest BCUT2D eigenvalue weighted by Crippen LogP contribution is -2.12. The maximum absolute atomic E-state index is 4.67. The number of rotatable bonds is 11. The minimum absolute atomic E-state index is 0.886. The smallest absolute Gasteiger partial charge is 0.134 e. The summed E-state index contributed by atoms with van der Waals surface area (Å²) in [6, 6.07) is 0. The SMILES string of the molecule is CCCc1nc(NCC)c(C)c(NCCCCCSC)n1. The van der Waals surface area contributed by atoms with Crippen LogP contribution in [0.3, 0.4) is 0 Å². The Morgan fingerprint density at radius 1 is 1.00 bits per heavy atom. The van der Waals surface area contributed by atoms with Crippen molar-refractivity contribution in [1.29, 1.82) is 0 Å². The van der Waals surface area contributed by atoms with Crippen molar-refractivity contribution in [2.24, 2.45) is 0 Å². The first-order chi connectivity index (χ1) is 10.2. The van der Waals surface area contributed by atoms with Crippen LogP contribution >= 0.6 is 11.8 Å². The second-order valence-electron chi connectivity index (χ2n) is 5.22. The third-order valence-electron chi connectivity index (χ3n) is 3.33. The zero-order chi connectivity index (χ0) is 15.5. The summed E-state index contributed by atoms with van der Waals surface area (Å²) in [4.78, 5) is 9.29. The fraction of sp³-hybridized carbons (Fsp3) is 0.750. The van der Waals surface area contributed by atoms with Crippen LogP contribution in [0.15, 0.2) is 0 Å². The van der Waals surface area contributed by atoms with E-state index in [1.54, 1.807) is 0 Å². The van der Waals surface area contributed by atoms with Gasteiger partial charge in [-0.15, -0.1) is 0 Å². The molecule has 0 bridgehead atoms. The van der Waals surface area contributed by atoms with E-state index < -0.39 is 0 Å². The molecule has 4 nitrogen and oxygen atoms in total. The van der Waals surface area contributed by atoms with Gasteiger partial charge < -0.3 is 10.6 Å². The van der Waals surface area contributed by atoms with E-state index in [1.165, 1.54) is 25.0 Å². The Hall–Kier alpha value is -0.970. The number of nitrogens with one attached hydrogen (secondary N) is 2. The molecule has 1 rings (SSSR count). The van der Waals surface area contributed by atoms with E-state index in [9.17, 15) is 0 Å². The zero-order valence-electron chi connectivity index (χ0n) is 14.0. The van der Waals surface area contributed by atoms with E-state index in [-0.39, 0.29) is 0 Å². The molecular weight excluding hydrogens is 280 g/mol. The quantitative estimate of drug-likeness (QED) is 0.602. The summed E-state index contributed by atoms with van der Waals surface area (Å²) in [6.45, 7) is 8.22. The molecule has 0 fully saturated rings. The second-order valence-corrected chi connectivity index (χ2v) is 6.21. The highest BCUT2D eigenvalue weighted by Gasteiger charge is 2.09. The molecule has 0 aliphatic rings. The first-order valence-corrected chi connectivity index (χ1v) is 9.46. The van der Waals surface area contributed by atoms with Gasteiger partial charge in [-0.2, -0.15) is 11.8 Å². The van der Waals surface area contributed by atoms with Gasteiger partial charge in [0.1, 0.15) is 17.5 Å². The monoisotopic (exact) mass is 310 g/mol. The summed E-state index contributed by atoms with van der Waals surface area (Å²) >= 11 is 1.92. The maximum Gasteiger partial charge on any atom is 0.134 e. The lowest BCUT2D eigenvalue weighted by molar-refractivity contribution is 0.745. The van der Waals surface area contributed by atoms with Gasteiger partial charge in [-0.25, -0.2) is 9.97 Å². The Morgan fingerprint density at radius 2 is 1.71 bits per heavy atom. The van der Waals surface area contributed by atoms with Crippen LogP contribution in [-0.2, 0) is 6.42 Å². The van der Waals surface area contributed by atoms with Gasteiger partial charge in [0.2, 0.25) is 0 Å². The number of hydrogen-bond acceptors (Lipinski definition) is 5. The van der Waals surface area contributed by atoms with Gasteiger partial charge in [0, 0.05) is 25.1 Å². The topological polar surface area (TPSA) is 49.8 Å². The van der Waals surface area contributed by atoms with E-state index in [1.807, 2.05) is 11.8 Å². The molecule has 0 atom stereocenters. The summed E-state index contributed by atoms with van der Waals surface area (Å²) < 4.78 is 0. The number of hydrogen-bond donors (Lipinski definition) is 2. The molecule has 0 spiro atoms. The molecule has 0 saturated carbocycles. The molecule has 5 heteroatoms. The minimum atomic E-state index is 0.886. The Kier molecular flexibility index (Phi) is 9.22. The molecule has 0 amide bonds. The molecule has 1 aromatic heterocycles. The average molecular weight is 311 g/mol. The van der Waals surface area contributed by atoms with Crippen molar-refractivity contribution in [3.63, 3.8) is 0 Å². The van der Waals surface area contributed by atoms with Crippen molar-refractivity contribution < 1.29 is 0 Å². The predicted molar refractivity (Wildman–Crippen MR) is 95.7 cm³/mol. The summed E-state index contributed by atoms with van der Waals surface area (Å²) in [5, 5.41) is 6.83. The van der Waals surface area contributed by atoms with Gasteiger partial charge in [0.15, 0.2) is 0 Å². The van der Waals surface area contributed by atoms with Crippen LogP contribution in [0.5, 0.6) is 0 Å². The second kappa shape index (κ2) is 10.7. The molecule has 21 heavy (non-hydrogen) atoms. The molecule has 2 N–H and O–H groups in total. The number of aromatic nitrogens is 2. The van der Waals surface area contributed by atoms with Crippen LogP contribution < -0.4 is 10.6 Å². The van der Waals surface area contributed by atoms with Crippen LogP contribution in [0.1, 0.15) is 50.9 Å². The van der Waals surface area contributed by atoms with E-state index in [2.05, 4.69) is 47.6 Å². The highest BCUT2D eigenvalue weighted by molar-refractivity contribution is 7.98. The van der Waals surface area contributed by atoms with E-state index in [0.717, 1.165) is 49.0 Å². The molecule has 0 aromatic carbocycles. The van der Waals surface area contributed by atoms with Crippen LogP contribution in [0, 0.1) is 6.92 Å².